The Kier molecular flexibility index (Phi) is 9.87. The molecule has 0 aliphatic heterocycles. The Balaban J connectivity index is 1.70. The molecule has 1 aliphatic carbocycles. The van der Waals surface area contributed by atoms with Crippen LogP contribution in [0.1, 0.15) is 50.1 Å². The summed E-state index contributed by atoms with van der Waals surface area (Å²) in [6.45, 7) is 1.12. The molecule has 6 rings (SSSR count). The topological polar surface area (TPSA) is 227 Å². The monoisotopic (exact) mass is 763 g/mol. The number of carbonyl (C=O) groups excluding carboxylic acids is 1. The predicted octanol–water partition coefficient (Wildman–Crippen LogP) is 4.31. The van der Waals surface area contributed by atoms with Crippen molar-refractivity contribution in [2.24, 2.45) is 0 Å². The quantitative estimate of drug-likeness (QED) is 0.132. The molecule has 0 spiro atoms. The third-order valence-corrected chi connectivity index (χ3v) is 10.4. The van der Waals surface area contributed by atoms with Gasteiger partial charge < -0.3 is 38.9 Å². The highest BCUT2D eigenvalue weighted by molar-refractivity contribution is 7.86. The summed E-state index contributed by atoms with van der Waals surface area (Å²) in [4.78, 5) is 11.2. The highest BCUT2D eigenvalue weighted by atomic mass is 32.2. The van der Waals surface area contributed by atoms with Crippen LogP contribution in [0.3, 0.4) is 0 Å². The van der Waals surface area contributed by atoms with Crippen molar-refractivity contribution in [3.8, 4) is 34.3 Å². The fourth-order valence-electron chi connectivity index (χ4n) is 6.34. The van der Waals surface area contributed by atoms with E-state index in [1.807, 2.05) is 0 Å². The number of furan rings is 1. The van der Waals surface area contributed by atoms with E-state index < -0.39 is 42.5 Å². The Bertz CT molecular complexity index is 2340. The van der Waals surface area contributed by atoms with Crippen molar-refractivity contribution < 1.29 is 55.2 Å². The minimum atomic E-state index is -5.06. The van der Waals surface area contributed by atoms with Gasteiger partial charge in [0.15, 0.2) is 6.61 Å². The number of hydrogen-bond donors (Lipinski definition) is 4. The first-order chi connectivity index (χ1) is 24.5. The van der Waals surface area contributed by atoms with Crippen LogP contribution in [0, 0.1) is 6.92 Å². The number of aryl methyl sites for hydroxylation is 1. The zero-order valence-electron chi connectivity index (χ0n) is 27.2. The number of phenols is 3. The van der Waals surface area contributed by atoms with E-state index in [1.54, 1.807) is 43.3 Å². The van der Waals surface area contributed by atoms with E-state index in [0.717, 1.165) is 29.8 Å². The third kappa shape index (κ3) is 7.66. The average molecular weight is 764 g/mol. The lowest BCUT2D eigenvalue weighted by atomic mass is 9.89. The maximum atomic E-state index is 12.5. The Morgan fingerprint density at radius 1 is 0.769 bits per heavy atom. The number of thiocarbonyl (C=S) groups is 1. The molecule has 13 nitrogen and oxygen atoms in total. The van der Waals surface area contributed by atoms with Gasteiger partial charge in [0.1, 0.15) is 49.0 Å². The lowest BCUT2D eigenvalue weighted by molar-refractivity contribution is -0.121. The lowest BCUT2D eigenvalue weighted by Crippen LogP contribution is -2.27. The fourth-order valence-corrected chi connectivity index (χ4v) is 7.62. The van der Waals surface area contributed by atoms with Gasteiger partial charge in [0.05, 0.1) is 21.5 Å². The molecule has 5 aromatic rings. The molecule has 0 saturated heterocycles. The Morgan fingerprint density at radius 2 is 1.19 bits per heavy atom. The van der Waals surface area contributed by atoms with E-state index in [-0.39, 0.29) is 93.2 Å². The van der Waals surface area contributed by atoms with Gasteiger partial charge in [-0.05, 0) is 100.0 Å². The summed E-state index contributed by atoms with van der Waals surface area (Å²) in [6.07, 6.45) is 0.331. The lowest BCUT2D eigenvalue weighted by Gasteiger charge is -2.22. The van der Waals surface area contributed by atoms with E-state index in [1.165, 1.54) is 6.26 Å². The van der Waals surface area contributed by atoms with Crippen LogP contribution in [-0.2, 0) is 50.7 Å². The van der Waals surface area contributed by atoms with Gasteiger partial charge >= 0.3 is 0 Å². The second-order valence-corrected chi connectivity index (χ2v) is 15.3. The Morgan fingerprint density at radius 3 is 1.58 bits per heavy atom. The molecule has 8 bridgehead atoms. The Hall–Kier alpha value is -5.26. The zero-order valence-corrected chi connectivity index (χ0v) is 29.7. The second-order valence-electron chi connectivity index (χ2n) is 12.3. The first kappa shape index (κ1) is 36.5. The van der Waals surface area contributed by atoms with Gasteiger partial charge in [-0.3, -0.25) is 4.79 Å². The minimum absolute atomic E-state index is 0.0132. The number of amides is 1. The van der Waals surface area contributed by atoms with Crippen molar-refractivity contribution in [1.29, 1.82) is 0 Å². The van der Waals surface area contributed by atoms with Crippen LogP contribution in [0.4, 0.5) is 0 Å². The first-order valence-corrected chi connectivity index (χ1v) is 18.8. The van der Waals surface area contributed by atoms with Crippen LogP contribution < -0.4 is 10.1 Å². The fraction of sp³-hybridized carbons (Fsp3) is 0.167. The molecule has 1 aromatic heterocycles. The summed E-state index contributed by atoms with van der Waals surface area (Å²) in [5, 5.41) is 36.9. The molecule has 0 atom stereocenters. The van der Waals surface area contributed by atoms with E-state index in [2.05, 4.69) is 5.32 Å². The number of fused-ring (bicyclic) bond motifs is 8. The number of hydrogen-bond acceptors (Lipinski definition) is 13. The summed E-state index contributed by atoms with van der Waals surface area (Å²) in [5.41, 5.74) is 2.89. The third-order valence-electron chi connectivity index (χ3n) is 8.61. The smallest absolute Gasteiger partial charge is 0.262 e. The maximum Gasteiger partial charge on any atom is 0.262 e. The number of aromatic hydroxyl groups is 3. The van der Waals surface area contributed by atoms with Gasteiger partial charge in [0.25, 0.3) is 5.91 Å². The van der Waals surface area contributed by atoms with Crippen molar-refractivity contribution in [2.45, 2.75) is 42.4 Å². The van der Waals surface area contributed by atoms with E-state index >= 15 is 0 Å². The molecule has 0 saturated carbocycles. The molecule has 4 aromatic carbocycles. The summed E-state index contributed by atoms with van der Waals surface area (Å²) in [5.74, 6) is -1.31. The number of ether oxygens (including phenoxy) is 1. The van der Waals surface area contributed by atoms with Crippen molar-refractivity contribution in [2.75, 3.05) is 6.61 Å². The van der Waals surface area contributed by atoms with Crippen LogP contribution in [0.15, 0.2) is 81.1 Å². The Labute approximate surface area is 303 Å². The van der Waals surface area contributed by atoms with Crippen LogP contribution in [0.2, 0.25) is 0 Å². The molecule has 0 fully saturated rings. The summed E-state index contributed by atoms with van der Waals surface area (Å²) < 4.78 is 86.0. The number of phenolic OH excluding ortho intramolecular Hbond substituents is 3. The zero-order chi connectivity index (χ0) is 37.5. The highest BCUT2D eigenvalue weighted by Crippen LogP contribution is 2.41. The molecule has 0 unspecified atom stereocenters. The van der Waals surface area contributed by atoms with Gasteiger partial charge in [-0.25, -0.2) is 16.8 Å². The molecule has 52 heavy (non-hydrogen) atoms. The number of benzene rings is 4. The second kappa shape index (κ2) is 14.0. The van der Waals surface area contributed by atoms with Crippen LogP contribution in [0.5, 0.6) is 23.0 Å². The standard InChI is InChI=1S/C36H31NO12S3/c1-19-5-21-9-23-13-29(51(42,43)44)15-25(34(23)40)11-27-7-20(31-3-2-4-48-31)8-28(36(27)49-17-32(38)37-18-50)12-26-16-30(52(45,46)47)14-24(35(26)41)10-22(6-19)33(21)39/h2-8,13-16,18,39-41H,9-12,17H2,1H3,(H,37,38,50)(H,42,43,44)(H,45,46,47)/p-2. The van der Waals surface area contributed by atoms with Gasteiger partial charge in [-0.1, -0.05) is 29.9 Å². The largest absolute Gasteiger partial charge is 0.744 e. The van der Waals surface area contributed by atoms with Crippen LogP contribution in [0.25, 0.3) is 11.3 Å². The predicted molar refractivity (Wildman–Crippen MR) is 188 cm³/mol. The maximum absolute atomic E-state index is 12.5. The molecule has 16 heteroatoms. The van der Waals surface area contributed by atoms with Crippen molar-refractivity contribution in [3.05, 3.63) is 117 Å². The average Bonchev–Trinajstić information content (AvgIpc) is 3.60. The van der Waals surface area contributed by atoms with E-state index in [0.29, 0.717) is 16.9 Å². The van der Waals surface area contributed by atoms with Crippen molar-refractivity contribution in [1.82, 2.24) is 5.32 Å². The number of rotatable bonds is 7. The first-order valence-electron chi connectivity index (χ1n) is 15.5. The van der Waals surface area contributed by atoms with Crippen molar-refractivity contribution in [3.63, 3.8) is 0 Å². The van der Waals surface area contributed by atoms with E-state index in [9.17, 15) is 46.1 Å². The molecular formula is C36H29NO12S3-2. The molecule has 1 aliphatic rings. The number of carbonyl (C=O) groups is 1. The van der Waals surface area contributed by atoms with Crippen molar-refractivity contribution >= 4 is 43.9 Å². The molecule has 4 N–H and O–H groups in total. The normalized spacial score (nSPS) is 13.0. The van der Waals surface area contributed by atoms with E-state index in [4.69, 9.17) is 21.4 Å². The molecule has 0 radical (unpaired) electrons. The van der Waals surface area contributed by atoms with Crippen LogP contribution >= 0.6 is 12.2 Å². The summed E-state index contributed by atoms with van der Waals surface area (Å²) in [6, 6.07) is 13.7. The van der Waals surface area contributed by atoms with Gasteiger partial charge in [-0.15, -0.1) is 0 Å². The summed E-state index contributed by atoms with van der Waals surface area (Å²) >= 11 is 4.71. The molecular weight excluding hydrogens is 735 g/mol. The molecule has 1 heterocycles. The number of nitrogens with one attached hydrogen (secondary N) is 1. The van der Waals surface area contributed by atoms with Gasteiger partial charge in [0, 0.05) is 31.2 Å². The highest BCUT2D eigenvalue weighted by Gasteiger charge is 2.24. The summed E-state index contributed by atoms with van der Waals surface area (Å²) in [7, 11) is -10.1. The van der Waals surface area contributed by atoms with Gasteiger partial charge in [0.2, 0.25) is 0 Å². The molecule has 1 amide bonds. The van der Waals surface area contributed by atoms with Crippen LogP contribution in [-0.4, -0.2) is 59.3 Å². The SMILES string of the molecule is Cc1cc2c(O)c(c1)Cc1cc(S(=O)(=O)[O-])cc(c1O)Cc1cc(-c3ccco3)cc(c1OCC(=O)NC=S)Cc1cc(S(=O)(=O)[O-])cc(c1O)C2. The van der Waals surface area contributed by atoms with Gasteiger partial charge in [-0.2, -0.15) is 0 Å². The molecule has 270 valence electrons. The minimum Gasteiger partial charge on any atom is -0.744 e.